The van der Waals surface area contributed by atoms with Crippen molar-refractivity contribution in [1.29, 1.82) is 0 Å². The van der Waals surface area contributed by atoms with E-state index in [1.165, 1.54) is 0 Å². The van der Waals surface area contributed by atoms with E-state index in [2.05, 4.69) is 9.97 Å². The number of carboxylic acids is 1. The third kappa shape index (κ3) is 2.72. The van der Waals surface area contributed by atoms with Gasteiger partial charge in [-0.1, -0.05) is 0 Å². The number of fused-ring (bicyclic) bond motifs is 1. The summed E-state index contributed by atoms with van der Waals surface area (Å²) >= 11 is 0. The van der Waals surface area contributed by atoms with Crippen LogP contribution < -0.4 is 0 Å². The van der Waals surface area contributed by atoms with E-state index in [1.54, 1.807) is 11.1 Å². The van der Waals surface area contributed by atoms with Gasteiger partial charge in [0.2, 0.25) is 0 Å². The summed E-state index contributed by atoms with van der Waals surface area (Å²) in [5.41, 5.74) is 2.10. The lowest BCUT2D eigenvalue weighted by molar-refractivity contribution is -0.143. The van der Waals surface area contributed by atoms with E-state index >= 15 is 0 Å². The van der Waals surface area contributed by atoms with Crippen LogP contribution in [0.2, 0.25) is 0 Å². The second-order valence-electron chi connectivity index (χ2n) is 6.67. The number of carbonyl (C=O) groups excluding carboxylic acids is 1. The van der Waals surface area contributed by atoms with Crippen LogP contribution in [0, 0.1) is 5.92 Å². The molecule has 1 N–H and O–H groups in total. The predicted octanol–water partition coefficient (Wildman–Crippen LogP) is 2.44. The van der Waals surface area contributed by atoms with Crippen molar-refractivity contribution >= 4 is 22.9 Å². The number of pyridine rings is 2. The van der Waals surface area contributed by atoms with Gasteiger partial charge in [0.1, 0.15) is 0 Å². The molecule has 2 aromatic rings. The summed E-state index contributed by atoms with van der Waals surface area (Å²) in [4.78, 5) is 34.9. The zero-order valence-corrected chi connectivity index (χ0v) is 13.3. The Labute approximate surface area is 139 Å². The van der Waals surface area contributed by atoms with Crippen LogP contribution in [0.15, 0.2) is 24.4 Å². The molecule has 1 saturated carbocycles. The van der Waals surface area contributed by atoms with E-state index < -0.39 is 11.9 Å². The minimum atomic E-state index is -0.823. The van der Waals surface area contributed by atoms with Gasteiger partial charge in [-0.15, -0.1) is 0 Å². The van der Waals surface area contributed by atoms with Crippen LogP contribution in [-0.2, 0) is 4.79 Å². The Kier molecular flexibility index (Phi) is 3.67. The average Bonchev–Trinajstić information content (AvgIpc) is 3.45. The summed E-state index contributed by atoms with van der Waals surface area (Å²) in [6.07, 6.45) is 5.15. The molecule has 6 heteroatoms. The highest BCUT2D eigenvalue weighted by molar-refractivity contribution is 5.98. The Morgan fingerprint density at radius 3 is 2.83 bits per heavy atom. The normalized spacial score (nSPS) is 21.0. The predicted molar refractivity (Wildman–Crippen MR) is 87.8 cm³/mol. The van der Waals surface area contributed by atoms with E-state index in [9.17, 15) is 14.7 Å². The smallest absolute Gasteiger partial charge is 0.308 e. The monoisotopic (exact) mass is 325 g/mol. The third-order valence-corrected chi connectivity index (χ3v) is 4.87. The maximum atomic E-state index is 13.0. The van der Waals surface area contributed by atoms with Gasteiger partial charge in [0.05, 0.1) is 17.2 Å². The molecule has 1 atom stereocenters. The maximum Gasteiger partial charge on any atom is 0.308 e. The van der Waals surface area contributed by atoms with E-state index in [0.29, 0.717) is 30.1 Å². The first-order valence-electron chi connectivity index (χ1n) is 8.41. The van der Waals surface area contributed by atoms with E-state index in [4.69, 9.17) is 0 Å². The molecule has 0 spiro atoms. The Morgan fingerprint density at radius 1 is 1.25 bits per heavy atom. The van der Waals surface area contributed by atoms with Crippen LogP contribution in [0.25, 0.3) is 11.0 Å². The molecule has 1 unspecified atom stereocenters. The summed E-state index contributed by atoms with van der Waals surface area (Å²) in [7, 11) is 0. The van der Waals surface area contributed by atoms with Crippen LogP contribution >= 0.6 is 0 Å². The SMILES string of the molecule is O=C(O)C1CCCN(C(=O)c2cc3cccnc3nc2C2CC2)C1. The number of likely N-dealkylation sites (tertiary alicyclic amines) is 1. The molecule has 4 rings (SSSR count). The van der Waals surface area contributed by atoms with Crippen molar-refractivity contribution in [3.8, 4) is 0 Å². The fraction of sp³-hybridized carbons (Fsp3) is 0.444. The Balaban J connectivity index is 1.70. The molecule has 6 nitrogen and oxygen atoms in total. The molecule has 1 saturated heterocycles. The molecule has 1 aliphatic heterocycles. The second-order valence-corrected chi connectivity index (χ2v) is 6.67. The van der Waals surface area contributed by atoms with Gasteiger partial charge in [0.25, 0.3) is 5.91 Å². The van der Waals surface area contributed by atoms with Gasteiger partial charge in [-0.25, -0.2) is 9.97 Å². The third-order valence-electron chi connectivity index (χ3n) is 4.87. The van der Waals surface area contributed by atoms with Crippen molar-refractivity contribution in [2.45, 2.75) is 31.6 Å². The Hall–Kier alpha value is -2.50. The number of piperidine rings is 1. The van der Waals surface area contributed by atoms with Crippen molar-refractivity contribution in [3.05, 3.63) is 35.7 Å². The fourth-order valence-electron chi connectivity index (χ4n) is 3.39. The molecule has 2 aliphatic rings. The van der Waals surface area contributed by atoms with Crippen LogP contribution in [0.3, 0.4) is 0 Å². The van der Waals surface area contributed by atoms with Crippen molar-refractivity contribution in [1.82, 2.24) is 14.9 Å². The minimum Gasteiger partial charge on any atom is -0.481 e. The average molecular weight is 325 g/mol. The summed E-state index contributed by atoms with van der Waals surface area (Å²) in [5.74, 6) is -1.06. The van der Waals surface area contributed by atoms with Gasteiger partial charge in [0.15, 0.2) is 5.65 Å². The standard InChI is InChI=1S/C18H19N3O3/c22-17(21-8-2-4-13(10-21)18(23)24)14-9-12-3-1-7-19-16(12)20-15(14)11-5-6-11/h1,3,7,9,11,13H,2,4-6,8,10H2,(H,23,24). The fourth-order valence-corrected chi connectivity index (χ4v) is 3.39. The number of aliphatic carboxylic acids is 1. The molecule has 1 aliphatic carbocycles. The molecule has 0 aromatic carbocycles. The molecular weight excluding hydrogens is 306 g/mol. The van der Waals surface area contributed by atoms with Crippen LogP contribution in [0.1, 0.15) is 47.7 Å². The number of hydrogen-bond donors (Lipinski definition) is 1. The number of carboxylic acid groups (broad SMARTS) is 1. The van der Waals surface area contributed by atoms with Crippen LogP contribution in [0.4, 0.5) is 0 Å². The number of nitrogens with zero attached hydrogens (tertiary/aromatic N) is 3. The molecule has 3 heterocycles. The number of hydrogen-bond acceptors (Lipinski definition) is 4. The van der Waals surface area contributed by atoms with E-state index in [1.807, 2.05) is 18.2 Å². The number of rotatable bonds is 3. The topological polar surface area (TPSA) is 83.4 Å². The molecule has 2 aromatic heterocycles. The molecule has 0 bridgehead atoms. The van der Waals surface area contributed by atoms with Crippen LogP contribution in [-0.4, -0.2) is 44.9 Å². The summed E-state index contributed by atoms with van der Waals surface area (Å²) in [6, 6.07) is 5.60. The number of amides is 1. The van der Waals surface area contributed by atoms with Gasteiger partial charge >= 0.3 is 5.97 Å². The first kappa shape index (κ1) is 15.1. The highest BCUT2D eigenvalue weighted by Crippen LogP contribution is 2.41. The first-order valence-corrected chi connectivity index (χ1v) is 8.41. The van der Waals surface area contributed by atoms with Crippen molar-refractivity contribution < 1.29 is 14.7 Å². The number of aromatic nitrogens is 2. The van der Waals surface area contributed by atoms with Crippen molar-refractivity contribution in [2.75, 3.05) is 13.1 Å². The van der Waals surface area contributed by atoms with Crippen molar-refractivity contribution in [2.24, 2.45) is 5.92 Å². The molecule has 0 radical (unpaired) electrons. The highest BCUT2D eigenvalue weighted by atomic mass is 16.4. The largest absolute Gasteiger partial charge is 0.481 e. The maximum absolute atomic E-state index is 13.0. The molecular formula is C18H19N3O3. The van der Waals surface area contributed by atoms with Gasteiger partial charge < -0.3 is 10.0 Å². The zero-order valence-electron chi connectivity index (χ0n) is 13.3. The first-order chi connectivity index (χ1) is 11.6. The summed E-state index contributed by atoms with van der Waals surface area (Å²) in [6.45, 7) is 0.890. The van der Waals surface area contributed by atoms with Gasteiger partial charge in [-0.2, -0.15) is 0 Å². The van der Waals surface area contributed by atoms with Gasteiger partial charge in [-0.3, -0.25) is 9.59 Å². The molecule has 1 amide bonds. The zero-order chi connectivity index (χ0) is 16.7. The lowest BCUT2D eigenvalue weighted by atomic mass is 9.97. The van der Waals surface area contributed by atoms with Crippen LogP contribution in [0.5, 0.6) is 0 Å². The van der Waals surface area contributed by atoms with Gasteiger partial charge in [-0.05, 0) is 43.9 Å². The Bertz CT molecular complexity index is 816. The molecule has 2 fully saturated rings. The lowest BCUT2D eigenvalue weighted by Crippen LogP contribution is -2.42. The molecule has 124 valence electrons. The molecule has 24 heavy (non-hydrogen) atoms. The van der Waals surface area contributed by atoms with Crippen molar-refractivity contribution in [3.63, 3.8) is 0 Å². The van der Waals surface area contributed by atoms with Gasteiger partial charge in [0, 0.05) is 30.6 Å². The number of carbonyl (C=O) groups is 2. The summed E-state index contributed by atoms with van der Waals surface area (Å²) in [5, 5.41) is 10.1. The van der Waals surface area contributed by atoms with E-state index in [-0.39, 0.29) is 12.5 Å². The second kappa shape index (κ2) is 5.85. The Morgan fingerprint density at radius 2 is 2.08 bits per heavy atom. The quantitative estimate of drug-likeness (QED) is 0.937. The minimum absolute atomic E-state index is 0.0962. The lowest BCUT2D eigenvalue weighted by Gasteiger charge is -2.31. The highest BCUT2D eigenvalue weighted by Gasteiger charge is 2.34. The van der Waals surface area contributed by atoms with E-state index in [0.717, 1.165) is 30.3 Å². The summed E-state index contributed by atoms with van der Waals surface area (Å²) < 4.78 is 0.